The summed E-state index contributed by atoms with van der Waals surface area (Å²) in [6.45, 7) is 6.91. The van der Waals surface area contributed by atoms with E-state index in [1.807, 2.05) is 6.07 Å². The summed E-state index contributed by atoms with van der Waals surface area (Å²) in [6.07, 6.45) is 34.6. The first-order valence-corrected chi connectivity index (χ1v) is 18.5. The second kappa shape index (κ2) is 27.1. The number of carbonyl (C=O) groups is 1. The number of phenolic OH excluding ortho intramolecular Hbond substituents is 1. The van der Waals surface area contributed by atoms with Crippen LogP contribution in [0.1, 0.15) is 198 Å². The molecule has 0 spiro atoms. The van der Waals surface area contributed by atoms with Crippen molar-refractivity contribution in [3.63, 3.8) is 0 Å². The number of carboxylic acids is 1. The van der Waals surface area contributed by atoms with E-state index in [0.717, 1.165) is 42.4 Å². The van der Waals surface area contributed by atoms with Crippen molar-refractivity contribution in [2.45, 2.75) is 201 Å². The molecule has 0 aliphatic heterocycles. The lowest BCUT2D eigenvalue weighted by atomic mass is 9.90. The molecule has 1 unspecified atom stereocenters. The van der Waals surface area contributed by atoms with E-state index < -0.39 is 5.97 Å². The van der Waals surface area contributed by atoms with Crippen molar-refractivity contribution in [3.05, 3.63) is 28.8 Å². The van der Waals surface area contributed by atoms with Crippen molar-refractivity contribution in [2.24, 2.45) is 5.92 Å². The van der Waals surface area contributed by atoms with Gasteiger partial charge in [-0.2, -0.15) is 0 Å². The van der Waals surface area contributed by atoms with Crippen LogP contribution in [0.5, 0.6) is 5.75 Å². The highest BCUT2D eigenvalue weighted by molar-refractivity contribution is 5.67. The number of aryl methyl sites for hydroxylation is 3. The molecule has 3 nitrogen and oxygen atoms in total. The van der Waals surface area contributed by atoms with Crippen LogP contribution in [0.3, 0.4) is 0 Å². The highest BCUT2D eigenvalue weighted by Crippen LogP contribution is 2.28. The molecule has 1 aromatic carbocycles. The SMILES string of the molecule is CCCCCCCCCCCCCc1cc(CCC(=O)O)c(CCC(C)CCCCCCCCCCCCC)cc1O. The molecule has 0 aliphatic carbocycles. The van der Waals surface area contributed by atoms with E-state index in [1.54, 1.807) is 0 Å². The number of rotatable bonds is 30. The fraction of sp³-hybridized carbons (Fsp3) is 0.821. The lowest BCUT2D eigenvalue weighted by Crippen LogP contribution is -2.05. The molecule has 1 aromatic rings. The van der Waals surface area contributed by atoms with Crippen molar-refractivity contribution < 1.29 is 15.0 Å². The van der Waals surface area contributed by atoms with Gasteiger partial charge in [0.25, 0.3) is 0 Å². The Morgan fingerprint density at radius 2 is 0.976 bits per heavy atom. The number of aliphatic carboxylic acids is 1. The Balaban J connectivity index is 2.34. The molecule has 42 heavy (non-hydrogen) atoms. The Bertz CT molecular complexity index is 771. The summed E-state index contributed by atoms with van der Waals surface area (Å²) >= 11 is 0. The molecular weight excluding hydrogens is 516 g/mol. The molecule has 244 valence electrons. The number of hydrogen-bond acceptors (Lipinski definition) is 2. The van der Waals surface area contributed by atoms with E-state index >= 15 is 0 Å². The molecule has 0 aliphatic rings. The second-order valence-corrected chi connectivity index (χ2v) is 13.4. The lowest BCUT2D eigenvalue weighted by Gasteiger charge is -2.16. The van der Waals surface area contributed by atoms with Gasteiger partial charge in [0.15, 0.2) is 0 Å². The first-order chi connectivity index (χ1) is 20.5. The van der Waals surface area contributed by atoms with Gasteiger partial charge >= 0.3 is 5.97 Å². The van der Waals surface area contributed by atoms with Crippen LogP contribution in [-0.4, -0.2) is 16.2 Å². The standard InChI is InChI=1S/C39H70O3/c1-4-6-8-10-12-14-16-18-20-22-24-26-34(3)28-29-36-33-38(40)37(32-35(36)30-31-39(41)42)27-25-23-21-19-17-15-13-11-9-7-5-2/h32-34,40H,4-31H2,1-3H3,(H,41,42). The average Bonchev–Trinajstić information content (AvgIpc) is 2.97. The van der Waals surface area contributed by atoms with Crippen LogP contribution >= 0.6 is 0 Å². The molecule has 3 heteroatoms. The van der Waals surface area contributed by atoms with Crippen molar-refractivity contribution in [1.29, 1.82) is 0 Å². The van der Waals surface area contributed by atoms with Gasteiger partial charge in [0, 0.05) is 6.42 Å². The maximum atomic E-state index is 11.3. The third-order valence-electron chi connectivity index (χ3n) is 9.27. The number of unbranched alkanes of at least 4 members (excludes halogenated alkanes) is 20. The molecule has 0 bridgehead atoms. The zero-order valence-corrected chi connectivity index (χ0v) is 28.3. The topological polar surface area (TPSA) is 57.5 Å². The molecule has 0 fully saturated rings. The predicted molar refractivity (Wildman–Crippen MR) is 183 cm³/mol. The van der Waals surface area contributed by atoms with Crippen LogP contribution < -0.4 is 0 Å². The van der Waals surface area contributed by atoms with E-state index in [4.69, 9.17) is 0 Å². The van der Waals surface area contributed by atoms with Crippen LogP contribution in [0.15, 0.2) is 12.1 Å². The summed E-state index contributed by atoms with van der Waals surface area (Å²) in [5.41, 5.74) is 3.29. The Labute approximate surface area is 261 Å². The summed E-state index contributed by atoms with van der Waals surface area (Å²) in [7, 11) is 0. The third-order valence-corrected chi connectivity index (χ3v) is 9.27. The molecule has 0 aromatic heterocycles. The zero-order chi connectivity index (χ0) is 30.7. The maximum Gasteiger partial charge on any atom is 0.303 e. The fourth-order valence-corrected chi connectivity index (χ4v) is 6.32. The van der Waals surface area contributed by atoms with Gasteiger partial charge in [0.1, 0.15) is 5.75 Å². The summed E-state index contributed by atoms with van der Waals surface area (Å²) in [5, 5.41) is 20.1. The highest BCUT2D eigenvalue weighted by Gasteiger charge is 2.13. The summed E-state index contributed by atoms with van der Waals surface area (Å²) in [4.78, 5) is 11.3. The number of aromatic hydroxyl groups is 1. The number of carboxylic acid groups (broad SMARTS) is 1. The Morgan fingerprint density at radius 1 is 0.548 bits per heavy atom. The molecule has 2 N–H and O–H groups in total. The quantitative estimate of drug-likeness (QED) is 0.0881. The van der Waals surface area contributed by atoms with Crippen molar-refractivity contribution in [2.75, 3.05) is 0 Å². The largest absolute Gasteiger partial charge is 0.508 e. The average molecular weight is 587 g/mol. The highest BCUT2D eigenvalue weighted by atomic mass is 16.4. The Hall–Kier alpha value is -1.51. The van der Waals surface area contributed by atoms with E-state index in [0.29, 0.717) is 18.1 Å². The van der Waals surface area contributed by atoms with Crippen LogP contribution in [-0.2, 0) is 24.1 Å². The van der Waals surface area contributed by atoms with Crippen LogP contribution in [0, 0.1) is 5.92 Å². The molecule has 0 saturated carbocycles. The minimum Gasteiger partial charge on any atom is -0.508 e. The van der Waals surface area contributed by atoms with Crippen molar-refractivity contribution in [3.8, 4) is 5.75 Å². The first kappa shape index (κ1) is 38.5. The molecular formula is C39H70O3. The fourth-order valence-electron chi connectivity index (χ4n) is 6.32. The van der Waals surface area contributed by atoms with Gasteiger partial charge < -0.3 is 10.2 Å². The Kier molecular flexibility index (Phi) is 24.8. The van der Waals surface area contributed by atoms with Gasteiger partial charge in [0.05, 0.1) is 0 Å². The van der Waals surface area contributed by atoms with Crippen molar-refractivity contribution in [1.82, 2.24) is 0 Å². The minimum atomic E-state index is -0.745. The minimum absolute atomic E-state index is 0.157. The molecule has 0 amide bonds. The smallest absolute Gasteiger partial charge is 0.303 e. The van der Waals surface area contributed by atoms with Crippen molar-refractivity contribution >= 4 is 5.97 Å². The van der Waals surface area contributed by atoms with E-state index in [9.17, 15) is 15.0 Å². The second-order valence-electron chi connectivity index (χ2n) is 13.4. The van der Waals surface area contributed by atoms with Gasteiger partial charge in [0.2, 0.25) is 0 Å². The summed E-state index contributed by atoms with van der Waals surface area (Å²) in [6, 6.07) is 4.08. The Morgan fingerprint density at radius 3 is 1.45 bits per heavy atom. The lowest BCUT2D eigenvalue weighted by molar-refractivity contribution is -0.136. The van der Waals surface area contributed by atoms with Gasteiger partial charge in [-0.1, -0.05) is 168 Å². The first-order valence-electron chi connectivity index (χ1n) is 18.5. The molecule has 1 rings (SSSR count). The summed E-state index contributed by atoms with van der Waals surface area (Å²) < 4.78 is 0. The van der Waals surface area contributed by atoms with E-state index in [-0.39, 0.29) is 6.42 Å². The van der Waals surface area contributed by atoms with Gasteiger partial charge in [-0.3, -0.25) is 4.79 Å². The van der Waals surface area contributed by atoms with Crippen LogP contribution in [0.2, 0.25) is 0 Å². The third kappa shape index (κ3) is 21.2. The molecule has 0 heterocycles. The monoisotopic (exact) mass is 587 g/mol. The number of hydrogen-bond donors (Lipinski definition) is 2. The van der Waals surface area contributed by atoms with Crippen LogP contribution in [0.25, 0.3) is 0 Å². The van der Waals surface area contributed by atoms with Gasteiger partial charge in [-0.05, 0) is 60.8 Å². The molecule has 0 radical (unpaired) electrons. The van der Waals surface area contributed by atoms with Gasteiger partial charge in [-0.15, -0.1) is 0 Å². The number of benzene rings is 1. The van der Waals surface area contributed by atoms with Gasteiger partial charge in [-0.25, -0.2) is 0 Å². The normalized spacial score (nSPS) is 12.2. The zero-order valence-electron chi connectivity index (χ0n) is 28.3. The van der Waals surface area contributed by atoms with E-state index in [1.165, 1.54) is 141 Å². The maximum absolute atomic E-state index is 11.3. The van der Waals surface area contributed by atoms with E-state index in [2.05, 4.69) is 26.8 Å². The number of phenols is 1. The predicted octanol–water partition coefficient (Wildman–Crippen LogP) is 12.5. The molecule has 1 atom stereocenters. The molecule has 0 saturated heterocycles. The summed E-state index contributed by atoms with van der Waals surface area (Å²) in [5.74, 6) is 0.328. The van der Waals surface area contributed by atoms with Crippen LogP contribution in [0.4, 0.5) is 0 Å².